The molecular formula is C14H13ClN6. The molecule has 0 unspecified atom stereocenters. The third-order valence-corrected chi connectivity index (χ3v) is 3.32. The van der Waals surface area contributed by atoms with Gasteiger partial charge in [-0.2, -0.15) is 9.97 Å². The summed E-state index contributed by atoms with van der Waals surface area (Å²) < 4.78 is 0. The number of nitrogens with two attached hydrogens (primary N) is 1. The third-order valence-electron chi connectivity index (χ3n) is 3.07. The fourth-order valence-electron chi connectivity index (χ4n) is 1.85. The third kappa shape index (κ3) is 2.71. The van der Waals surface area contributed by atoms with Crippen molar-refractivity contribution in [3.05, 3.63) is 40.7 Å². The van der Waals surface area contributed by atoms with Gasteiger partial charge in [-0.1, -0.05) is 11.6 Å². The molecular weight excluding hydrogens is 288 g/mol. The van der Waals surface area contributed by atoms with Crippen LogP contribution in [0.2, 0.25) is 5.02 Å². The predicted octanol–water partition coefficient (Wildman–Crippen LogP) is 3.02. The van der Waals surface area contributed by atoms with E-state index in [0.29, 0.717) is 28.0 Å². The van der Waals surface area contributed by atoms with Crippen molar-refractivity contribution >= 4 is 40.2 Å². The summed E-state index contributed by atoms with van der Waals surface area (Å²) in [4.78, 5) is 17.3. The number of fused-ring (bicyclic) bond motifs is 1. The highest BCUT2D eigenvalue weighted by Crippen LogP contribution is 2.21. The molecule has 0 aliphatic carbocycles. The number of nitrogens with zero attached hydrogens (tertiary/aromatic N) is 4. The lowest BCUT2D eigenvalue weighted by Gasteiger charge is -2.08. The number of hydrogen-bond donors (Lipinski definition) is 2. The number of hydrogen-bond acceptors (Lipinski definition) is 6. The van der Waals surface area contributed by atoms with Crippen LogP contribution in [0.15, 0.2) is 24.3 Å². The minimum Gasteiger partial charge on any atom is -0.382 e. The van der Waals surface area contributed by atoms with E-state index in [9.17, 15) is 0 Å². The summed E-state index contributed by atoms with van der Waals surface area (Å²) in [6.45, 7) is 3.76. The maximum absolute atomic E-state index is 5.94. The molecule has 7 heteroatoms. The van der Waals surface area contributed by atoms with Gasteiger partial charge in [0.05, 0.1) is 11.4 Å². The van der Waals surface area contributed by atoms with Crippen LogP contribution < -0.4 is 11.1 Å². The van der Waals surface area contributed by atoms with Gasteiger partial charge in [-0.25, -0.2) is 9.97 Å². The molecule has 0 atom stereocenters. The van der Waals surface area contributed by atoms with Gasteiger partial charge in [0.1, 0.15) is 0 Å². The van der Waals surface area contributed by atoms with Gasteiger partial charge in [0.2, 0.25) is 5.95 Å². The average molecular weight is 301 g/mol. The number of aromatic nitrogens is 4. The van der Waals surface area contributed by atoms with Gasteiger partial charge in [-0.15, -0.1) is 0 Å². The summed E-state index contributed by atoms with van der Waals surface area (Å²) in [6, 6.07) is 7.22. The SMILES string of the molecule is Cc1nc2nc(Nc3ccc(Cl)cc3)nc(N)c2nc1C. The van der Waals surface area contributed by atoms with Crippen molar-refractivity contribution in [1.82, 2.24) is 19.9 Å². The number of benzene rings is 1. The maximum Gasteiger partial charge on any atom is 0.231 e. The minimum absolute atomic E-state index is 0.298. The van der Waals surface area contributed by atoms with Gasteiger partial charge in [0.25, 0.3) is 0 Å². The van der Waals surface area contributed by atoms with E-state index in [2.05, 4.69) is 25.3 Å². The molecule has 0 saturated carbocycles. The van der Waals surface area contributed by atoms with Gasteiger partial charge in [-0.3, -0.25) is 0 Å². The molecule has 2 aromatic heterocycles. The average Bonchev–Trinajstić information content (AvgIpc) is 2.44. The zero-order chi connectivity index (χ0) is 15.0. The monoisotopic (exact) mass is 300 g/mol. The fraction of sp³-hybridized carbons (Fsp3) is 0.143. The van der Waals surface area contributed by atoms with E-state index in [1.165, 1.54) is 0 Å². The first-order valence-electron chi connectivity index (χ1n) is 6.34. The molecule has 0 saturated heterocycles. The fourth-order valence-corrected chi connectivity index (χ4v) is 1.98. The van der Waals surface area contributed by atoms with Gasteiger partial charge in [0.15, 0.2) is 17.0 Å². The lowest BCUT2D eigenvalue weighted by Crippen LogP contribution is -2.05. The standard InChI is InChI=1S/C14H13ClN6/c1-7-8(2)18-13-11(17-7)12(16)20-14(21-13)19-10-5-3-9(15)4-6-10/h3-6H,1-2H3,(H3,16,18,19,20,21). The number of aryl methyl sites for hydroxylation is 2. The molecule has 0 bridgehead atoms. The van der Waals surface area contributed by atoms with Crippen LogP contribution in [0.3, 0.4) is 0 Å². The summed E-state index contributed by atoms with van der Waals surface area (Å²) in [5.41, 5.74) is 9.38. The molecule has 3 rings (SSSR count). The first-order chi connectivity index (χ1) is 10.0. The van der Waals surface area contributed by atoms with E-state index in [4.69, 9.17) is 17.3 Å². The van der Waals surface area contributed by atoms with Crippen molar-refractivity contribution in [1.29, 1.82) is 0 Å². The van der Waals surface area contributed by atoms with Crippen LogP contribution in [0.5, 0.6) is 0 Å². The number of nitrogens with one attached hydrogen (secondary N) is 1. The highest BCUT2D eigenvalue weighted by atomic mass is 35.5. The van der Waals surface area contributed by atoms with Crippen LogP contribution in [0.1, 0.15) is 11.4 Å². The largest absolute Gasteiger partial charge is 0.382 e. The number of halogens is 1. The van der Waals surface area contributed by atoms with E-state index in [-0.39, 0.29) is 0 Å². The molecule has 0 aliphatic heterocycles. The van der Waals surface area contributed by atoms with Crippen LogP contribution in [0.4, 0.5) is 17.5 Å². The first-order valence-corrected chi connectivity index (χ1v) is 6.72. The molecule has 0 amide bonds. The minimum atomic E-state index is 0.298. The van der Waals surface area contributed by atoms with Crippen LogP contribution in [-0.2, 0) is 0 Å². The van der Waals surface area contributed by atoms with E-state index >= 15 is 0 Å². The second-order valence-corrected chi connectivity index (χ2v) is 5.07. The molecule has 1 aromatic carbocycles. The van der Waals surface area contributed by atoms with Crippen molar-refractivity contribution in [2.45, 2.75) is 13.8 Å². The molecule has 3 N–H and O–H groups in total. The van der Waals surface area contributed by atoms with E-state index < -0.39 is 0 Å². The Kier molecular flexibility index (Phi) is 3.31. The smallest absolute Gasteiger partial charge is 0.231 e. The van der Waals surface area contributed by atoms with E-state index in [1.807, 2.05) is 26.0 Å². The summed E-state index contributed by atoms with van der Waals surface area (Å²) in [7, 11) is 0. The van der Waals surface area contributed by atoms with Crippen molar-refractivity contribution in [2.75, 3.05) is 11.1 Å². The maximum atomic E-state index is 5.94. The van der Waals surface area contributed by atoms with E-state index in [0.717, 1.165) is 17.1 Å². The molecule has 3 aromatic rings. The topological polar surface area (TPSA) is 89.6 Å². The van der Waals surface area contributed by atoms with Gasteiger partial charge < -0.3 is 11.1 Å². The van der Waals surface area contributed by atoms with Crippen LogP contribution in [0, 0.1) is 13.8 Å². The quantitative estimate of drug-likeness (QED) is 0.756. The highest BCUT2D eigenvalue weighted by molar-refractivity contribution is 6.30. The summed E-state index contributed by atoms with van der Waals surface area (Å²) in [5, 5.41) is 3.73. The lowest BCUT2D eigenvalue weighted by atomic mass is 10.3. The second-order valence-electron chi connectivity index (χ2n) is 4.63. The summed E-state index contributed by atoms with van der Waals surface area (Å²) >= 11 is 5.85. The lowest BCUT2D eigenvalue weighted by molar-refractivity contribution is 1.06. The van der Waals surface area contributed by atoms with Crippen molar-refractivity contribution in [3.63, 3.8) is 0 Å². The van der Waals surface area contributed by atoms with Gasteiger partial charge in [-0.05, 0) is 38.1 Å². The Hall–Kier alpha value is -2.47. The van der Waals surface area contributed by atoms with Crippen molar-refractivity contribution in [3.8, 4) is 0 Å². The number of rotatable bonds is 2. The Bertz CT molecular complexity index is 816. The Labute approximate surface area is 126 Å². The molecule has 0 radical (unpaired) electrons. The summed E-state index contributed by atoms with van der Waals surface area (Å²) in [6.07, 6.45) is 0. The molecule has 2 heterocycles. The Morgan fingerprint density at radius 3 is 2.33 bits per heavy atom. The molecule has 0 spiro atoms. The summed E-state index contributed by atoms with van der Waals surface area (Å²) in [5.74, 6) is 0.673. The van der Waals surface area contributed by atoms with Crippen molar-refractivity contribution in [2.24, 2.45) is 0 Å². The van der Waals surface area contributed by atoms with Crippen molar-refractivity contribution < 1.29 is 0 Å². The van der Waals surface area contributed by atoms with Crippen LogP contribution >= 0.6 is 11.6 Å². The normalized spacial score (nSPS) is 10.8. The molecule has 6 nitrogen and oxygen atoms in total. The first kappa shape index (κ1) is 13.5. The van der Waals surface area contributed by atoms with Gasteiger partial charge in [0, 0.05) is 10.7 Å². The highest BCUT2D eigenvalue weighted by Gasteiger charge is 2.10. The van der Waals surface area contributed by atoms with Crippen LogP contribution in [-0.4, -0.2) is 19.9 Å². The molecule has 0 fully saturated rings. The zero-order valence-corrected chi connectivity index (χ0v) is 12.3. The van der Waals surface area contributed by atoms with Crippen LogP contribution in [0.25, 0.3) is 11.2 Å². The molecule has 0 aliphatic rings. The Morgan fingerprint density at radius 1 is 0.952 bits per heavy atom. The second kappa shape index (κ2) is 5.14. The number of anilines is 3. The predicted molar refractivity (Wildman–Crippen MR) is 83.7 cm³/mol. The molecule has 106 valence electrons. The van der Waals surface area contributed by atoms with Gasteiger partial charge >= 0.3 is 0 Å². The molecule has 21 heavy (non-hydrogen) atoms. The zero-order valence-electron chi connectivity index (χ0n) is 11.6. The number of nitrogen functional groups attached to an aromatic ring is 1. The Morgan fingerprint density at radius 2 is 1.62 bits per heavy atom. The Balaban J connectivity index is 2.03. The van der Waals surface area contributed by atoms with E-state index in [1.54, 1.807) is 12.1 Å².